The molecule has 27 heavy (non-hydrogen) atoms. The zero-order chi connectivity index (χ0) is 19.6. The van der Waals surface area contributed by atoms with Crippen LogP contribution in [0.25, 0.3) is 0 Å². The highest BCUT2D eigenvalue weighted by atomic mass is 32.2. The predicted molar refractivity (Wildman–Crippen MR) is 93.2 cm³/mol. The average Bonchev–Trinajstić information content (AvgIpc) is 3.01. The van der Waals surface area contributed by atoms with Crippen molar-refractivity contribution in [3.8, 4) is 0 Å². The Morgan fingerprint density at radius 3 is 2.56 bits per heavy atom. The highest BCUT2D eigenvalue weighted by Gasteiger charge is 2.31. The van der Waals surface area contributed by atoms with Gasteiger partial charge in [-0.1, -0.05) is 6.07 Å². The summed E-state index contributed by atoms with van der Waals surface area (Å²) < 4.78 is 50.4. The Hall–Kier alpha value is -2.94. The van der Waals surface area contributed by atoms with Crippen LogP contribution in [0, 0.1) is 12.7 Å². The summed E-state index contributed by atoms with van der Waals surface area (Å²) in [6.45, 7) is 1.74. The van der Waals surface area contributed by atoms with Crippen LogP contribution in [0.3, 0.4) is 0 Å². The van der Waals surface area contributed by atoms with Crippen LogP contribution in [-0.4, -0.2) is 33.1 Å². The van der Waals surface area contributed by atoms with Crippen LogP contribution >= 0.6 is 0 Å². The van der Waals surface area contributed by atoms with Gasteiger partial charge in [0.15, 0.2) is 0 Å². The van der Waals surface area contributed by atoms with Crippen molar-refractivity contribution < 1.29 is 31.9 Å². The molecule has 0 saturated carbocycles. The molecular weight excluding hydrogens is 377 g/mol. The molecule has 0 radical (unpaired) electrons. The van der Waals surface area contributed by atoms with Gasteiger partial charge in [-0.15, -0.1) is 0 Å². The fraction of sp³-hybridized carbons (Fsp3) is 0.222. The summed E-state index contributed by atoms with van der Waals surface area (Å²) in [5.41, 5.74) is 0.568. The zero-order valence-electron chi connectivity index (χ0n) is 14.3. The lowest BCUT2D eigenvalue weighted by Gasteiger charge is -2.13. The number of aryl methyl sites for hydroxylation is 1. The van der Waals surface area contributed by atoms with Crippen molar-refractivity contribution in [2.24, 2.45) is 0 Å². The summed E-state index contributed by atoms with van der Waals surface area (Å²) in [5, 5.41) is 0. The lowest BCUT2D eigenvalue weighted by atomic mass is 10.1. The zero-order valence-corrected chi connectivity index (χ0v) is 15.1. The molecule has 9 heteroatoms. The minimum atomic E-state index is -4.02. The monoisotopic (exact) mass is 393 g/mol. The summed E-state index contributed by atoms with van der Waals surface area (Å²) >= 11 is 0. The summed E-state index contributed by atoms with van der Waals surface area (Å²) in [7, 11) is -4.02. The van der Waals surface area contributed by atoms with Crippen LogP contribution in [0.4, 0.5) is 10.1 Å². The van der Waals surface area contributed by atoms with Crippen molar-refractivity contribution in [3.05, 3.63) is 59.4 Å². The number of carbonyl (C=O) groups is 2. The quantitative estimate of drug-likeness (QED) is 0.784. The van der Waals surface area contributed by atoms with Gasteiger partial charge in [-0.3, -0.25) is 4.72 Å². The second kappa shape index (κ2) is 7.36. The van der Waals surface area contributed by atoms with Crippen molar-refractivity contribution in [2.45, 2.75) is 24.3 Å². The van der Waals surface area contributed by atoms with Gasteiger partial charge in [-0.2, -0.15) is 0 Å². The van der Waals surface area contributed by atoms with E-state index in [1.807, 2.05) is 0 Å². The molecule has 1 fully saturated rings. The summed E-state index contributed by atoms with van der Waals surface area (Å²) in [4.78, 5) is 23.5. The Balaban J connectivity index is 1.84. The van der Waals surface area contributed by atoms with E-state index in [0.717, 1.165) is 12.1 Å². The molecule has 3 rings (SSSR count). The Kier molecular flexibility index (Phi) is 5.13. The van der Waals surface area contributed by atoms with Gasteiger partial charge in [0.2, 0.25) is 6.10 Å². The van der Waals surface area contributed by atoms with Crippen LogP contribution < -0.4 is 4.72 Å². The van der Waals surface area contributed by atoms with Crippen molar-refractivity contribution in [1.29, 1.82) is 0 Å². The third-order valence-corrected chi connectivity index (χ3v) is 5.47. The summed E-state index contributed by atoms with van der Waals surface area (Å²) in [6, 6.07) is 8.86. The number of hydrogen-bond donors (Lipinski definition) is 1. The second-order valence-corrected chi connectivity index (χ2v) is 7.59. The molecule has 0 spiro atoms. The smallest absolute Gasteiger partial charge is 0.347 e. The maximum Gasteiger partial charge on any atom is 0.347 e. The number of benzene rings is 2. The number of halogens is 1. The predicted octanol–water partition coefficient (Wildman–Crippen LogP) is 2.41. The number of nitrogens with one attached hydrogen (secondary N) is 1. The highest BCUT2D eigenvalue weighted by Crippen LogP contribution is 2.22. The van der Waals surface area contributed by atoms with Gasteiger partial charge in [-0.05, 0) is 48.9 Å². The molecule has 0 aliphatic carbocycles. The van der Waals surface area contributed by atoms with Gasteiger partial charge in [-0.25, -0.2) is 22.4 Å². The van der Waals surface area contributed by atoms with Crippen LogP contribution in [0.2, 0.25) is 0 Å². The number of esters is 2. The fourth-order valence-corrected chi connectivity index (χ4v) is 3.86. The lowest BCUT2D eigenvalue weighted by molar-refractivity contribution is -0.145. The Morgan fingerprint density at radius 2 is 1.93 bits per heavy atom. The summed E-state index contributed by atoms with van der Waals surface area (Å²) in [6.07, 6.45) is -0.732. The molecule has 1 aliphatic rings. The molecule has 2 aromatic rings. The van der Waals surface area contributed by atoms with Gasteiger partial charge in [0, 0.05) is 12.1 Å². The molecule has 1 aliphatic heterocycles. The first-order valence-electron chi connectivity index (χ1n) is 8.03. The first-order chi connectivity index (χ1) is 12.8. The van der Waals surface area contributed by atoms with E-state index in [4.69, 9.17) is 9.47 Å². The minimum Gasteiger partial charge on any atom is -0.463 e. The SMILES string of the molecule is Cc1ccc(C(=O)O[C@H]2CCOC2=O)cc1S(=O)(=O)Nc1ccc(F)cc1. The Labute approximate surface area is 155 Å². The minimum absolute atomic E-state index is 0.0141. The maximum absolute atomic E-state index is 13.0. The number of rotatable bonds is 5. The van der Waals surface area contributed by atoms with E-state index in [1.54, 1.807) is 6.92 Å². The Bertz CT molecular complexity index is 987. The molecule has 0 aromatic heterocycles. The number of ether oxygens (including phenoxy) is 2. The summed E-state index contributed by atoms with van der Waals surface area (Å²) in [5.74, 6) is -1.94. The van der Waals surface area contributed by atoms with E-state index in [9.17, 15) is 22.4 Å². The Morgan fingerprint density at radius 1 is 1.22 bits per heavy atom. The van der Waals surface area contributed by atoms with Gasteiger partial charge in [0.1, 0.15) is 5.82 Å². The molecule has 1 heterocycles. The third-order valence-electron chi connectivity index (χ3n) is 3.95. The number of hydrogen-bond acceptors (Lipinski definition) is 6. The largest absolute Gasteiger partial charge is 0.463 e. The topological polar surface area (TPSA) is 98.8 Å². The van der Waals surface area contributed by atoms with Gasteiger partial charge in [0.25, 0.3) is 10.0 Å². The van der Waals surface area contributed by atoms with Gasteiger partial charge < -0.3 is 9.47 Å². The molecular formula is C18H16FNO6S. The number of sulfonamides is 1. The molecule has 1 saturated heterocycles. The number of carbonyl (C=O) groups excluding carboxylic acids is 2. The molecule has 1 N–H and O–H groups in total. The average molecular weight is 393 g/mol. The molecule has 0 unspecified atom stereocenters. The van der Waals surface area contributed by atoms with Crippen LogP contribution in [0.5, 0.6) is 0 Å². The molecule has 0 amide bonds. The van der Waals surface area contributed by atoms with Crippen molar-refractivity contribution in [2.75, 3.05) is 11.3 Å². The number of cyclic esters (lactones) is 1. The first kappa shape index (κ1) is 18.8. The standard InChI is InChI=1S/C18H16FNO6S/c1-11-2-3-12(17(21)26-15-8-9-25-18(15)22)10-16(11)27(23,24)20-14-6-4-13(19)5-7-14/h2-7,10,15,20H,8-9H2,1H3/t15-/m0/s1. The van der Waals surface area contributed by atoms with E-state index in [-0.39, 0.29) is 29.2 Å². The van der Waals surface area contributed by atoms with E-state index >= 15 is 0 Å². The molecule has 1 atom stereocenters. The molecule has 0 bridgehead atoms. The fourth-order valence-electron chi connectivity index (χ4n) is 2.53. The van der Waals surface area contributed by atoms with Crippen molar-refractivity contribution >= 4 is 27.6 Å². The molecule has 7 nitrogen and oxygen atoms in total. The van der Waals surface area contributed by atoms with E-state index in [0.29, 0.717) is 5.56 Å². The van der Waals surface area contributed by atoms with Crippen LogP contribution in [0.15, 0.2) is 47.4 Å². The van der Waals surface area contributed by atoms with E-state index in [2.05, 4.69) is 4.72 Å². The van der Waals surface area contributed by atoms with Gasteiger partial charge in [0.05, 0.1) is 17.1 Å². The maximum atomic E-state index is 13.0. The molecule has 2 aromatic carbocycles. The normalized spacial score (nSPS) is 16.7. The first-order valence-corrected chi connectivity index (χ1v) is 9.51. The van der Waals surface area contributed by atoms with Crippen molar-refractivity contribution in [1.82, 2.24) is 0 Å². The van der Waals surface area contributed by atoms with E-state index in [1.165, 1.54) is 30.3 Å². The number of anilines is 1. The second-order valence-electron chi connectivity index (χ2n) is 5.94. The van der Waals surface area contributed by atoms with Crippen molar-refractivity contribution in [3.63, 3.8) is 0 Å². The third kappa shape index (κ3) is 4.25. The van der Waals surface area contributed by atoms with E-state index < -0.39 is 33.9 Å². The van der Waals surface area contributed by atoms with Crippen LogP contribution in [0.1, 0.15) is 22.3 Å². The van der Waals surface area contributed by atoms with Gasteiger partial charge >= 0.3 is 11.9 Å². The van der Waals surface area contributed by atoms with Crippen LogP contribution in [-0.2, 0) is 24.3 Å². The molecule has 142 valence electrons. The lowest BCUT2D eigenvalue weighted by Crippen LogP contribution is -2.23. The highest BCUT2D eigenvalue weighted by molar-refractivity contribution is 7.92.